The van der Waals surface area contributed by atoms with Crippen molar-refractivity contribution >= 4 is 23.2 Å². The van der Waals surface area contributed by atoms with Crippen LogP contribution in [0.3, 0.4) is 0 Å². The van der Waals surface area contributed by atoms with E-state index in [4.69, 9.17) is 37.4 Å². The van der Waals surface area contributed by atoms with Gasteiger partial charge in [-0.15, -0.1) is 0 Å². The third kappa shape index (κ3) is 3.70. The van der Waals surface area contributed by atoms with Gasteiger partial charge in [-0.05, 0) is 35.4 Å². The zero-order valence-electron chi connectivity index (χ0n) is 12.3. The van der Waals surface area contributed by atoms with Crippen LogP contribution in [0.1, 0.15) is 23.3 Å². The fraction of sp³-hybridized carbons (Fsp3) is 0.333. The van der Waals surface area contributed by atoms with Gasteiger partial charge in [0.05, 0.1) is 13.2 Å². The SMILES string of the molecule is Clc1cccc(C2OC2COCC2OC2c2cccc(Cl)c2)c1. The van der Waals surface area contributed by atoms with Crippen LogP contribution in [0.25, 0.3) is 0 Å². The Morgan fingerprint density at radius 2 is 1.26 bits per heavy atom. The lowest BCUT2D eigenvalue weighted by Crippen LogP contribution is -2.08. The molecule has 2 fully saturated rings. The summed E-state index contributed by atoms with van der Waals surface area (Å²) in [5.74, 6) is 0. The van der Waals surface area contributed by atoms with Gasteiger partial charge >= 0.3 is 0 Å². The Labute approximate surface area is 145 Å². The van der Waals surface area contributed by atoms with Crippen molar-refractivity contribution in [1.82, 2.24) is 0 Å². The van der Waals surface area contributed by atoms with E-state index >= 15 is 0 Å². The van der Waals surface area contributed by atoms with Crippen molar-refractivity contribution in [3.63, 3.8) is 0 Å². The lowest BCUT2D eigenvalue weighted by molar-refractivity contribution is 0.102. The van der Waals surface area contributed by atoms with Crippen molar-refractivity contribution in [1.29, 1.82) is 0 Å². The Balaban J connectivity index is 1.21. The molecule has 0 saturated carbocycles. The average Bonchev–Trinajstić information content (AvgIpc) is 3.42. The molecule has 0 aliphatic carbocycles. The standard InChI is InChI=1S/C18H16Cl2O3/c19-13-5-1-3-11(7-13)17-15(22-17)9-21-10-16-18(23-16)12-4-2-6-14(20)8-12/h1-8,15-18H,9-10H2. The van der Waals surface area contributed by atoms with Crippen molar-refractivity contribution in [3.05, 3.63) is 69.7 Å². The van der Waals surface area contributed by atoms with Crippen LogP contribution in [0.15, 0.2) is 48.5 Å². The number of epoxide rings is 2. The molecule has 4 atom stereocenters. The molecular weight excluding hydrogens is 335 g/mol. The van der Waals surface area contributed by atoms with E-state index in [-0.39, 0.29) is 24.4 Å². The molecule has 2 heterocycles. The van der Waals surface area contributed by atoms with Crippen molar-refractivity contribution in [3.8, 4) is 0 Å². The second-order valence-electron chi connectivity index (χ2n) is 5.84. The summed E-state index contributed by atoms with van der Waals surface area (Å²) in [4.78, 5) is 0. The first-order valence-corrected chi connectivity index (χ1v) is 8.36. The second-order valence-corrected chi connectivity index (χ2v) is 6.71. The number of hydrogen-bond donors (Lipinski definition) is 0. The molecule has 0 bridgehead atoms. The molecule has 2 saturated heterocycles. The van der Waals surface area contributed by atoms with E-state index in [0.29, 0.717) is 13.2 Å². The summed E-state index contributed by atoms with van der Waals surface area (Å²) in [5, 5.41) is 1.46. The molecular formula is C18H16Cl2O3. The summed E-state index contributed by atoms with van der Waals surface area (Å²) in [6.07, 6.45) is 0.406. The molecule has 0 radical (unpaired) electrons. The quantitative estimate of drug-likeness (QED) is 0.714. The van der Waals surface area contributed by atoms with Crippen molar-refractivity contribution in [2.45, 2.75) is 24.4 Å². The highest BCUT2D eigenvalue weighted by Gasteiger charge is 2.43. The number of rotatable bonds is 6. The Hall–Kier alpha value is -1.10. The maximum absolute atomic E-state index is 5.99. The minimum Gasteiger partial charge on any atom is -0.376 e. The summed E-state index contributed by atoms with van der Waals surface area (Å²) in [7, 11) is 0. The highest BCUT2D eigenvalue weighted by Crippen LogP contribution is 2.41. The van der Waals surface area contributed by atoms with E-state index in [9.17, 15) is 0 Å². The van der Waals surface area contributed by atoms with Gasteiger partial charge in [-0.25, -0.2) is 0 Å². The van der Waals surface area contributed by atoms with Crippen LogP contribution in [-0.2, 0) is 14.2 Å². The Kier molecular flexibility index (Phi) is 4.31. The number of halogens is 2. The van der Waals surface area contributed by atoms with Crippen LogP contribution in [0.4, 0.5) is 0 Å². The Morgan fingerprint density at radius 1 is 0.783 bits per heavy atom. The van der Waals surface area contributed by atoms with Crippen LogP contribution in [0, 0.1) is 0 Å². The van der Waals surface area contributed by atoms with Gasteiger partial charge in [0.25, 0.3) is 0 Å². The molecule has 4 unspecified atom stereocenters. The van der Waals surface area contributed by atoms with Crippen molar-refractivity contribution in [2.75, 3.05) is 13.2 Å². The van der Waals surface area contributed by atoms with Crippen LogP contribution >= 0.6 is 23.2 Å². The molecule has 0 aromatic heterocycles. The molecule has 23 heavy (non-hydrogen) atoms. The fourth-order valence-corrected chi connectivity index (χ4v) is 3.19. The molecule has 4 rings (SSSR count). The van der Waals surface area contributed by atoms with Crippen LogP contribution in [0.5, 0.6) is 0 Å². The van der Waals surface area contributed by atoms with E-state index in [2.05, 4.69) is 0 Å². The minimum atomic E-state index is 0.0950. The van der Waals surface area contributed by atoms with E-state index in [0.717, 1.165) is 21.2 Å². The third-order valence-corrected chi connectivity index (χ3v) is 4.55. The minimum absolute atomic E-state index is 0.0950. The van der Waals surface area contributed by atoms with E-state index in [1.54, 1.807) is 0 Å². The van der Waals surface area contributed by atoms with Gasteiger partial charge in [0.1, 0.15) is 24.4 Å². The first-order chi connectivity index (χ1) is 11.2. The second kappa shape index (κ2) is 6.42. The normalized spacial score (nSPS) is 28.6. The van der Waals surface area contributed by atoms with Crippen LogP contribution in [0.2, 0.25) is 10.0 Å². The van der Waals surface area contributed by atoms with E-state index in [1.807, 2.05) is 48.5 Å². The smallest absolute Gasteiger partial charge is 0.112 e. The zero-order valence-corrected chi connectivity index (χ0v) is 13.8. The van der Waals surface area contributed by atoms with E-state index < -0.39 is 0 Å². The molecule has 2 aromatic rings. The summed E-state index contributed by atoms with van der Waals surface area (Å²) in [6, 6.07) is 15.5. The number of hydrogen-bond acceptors (Lipinski definition) is 3. The van der Waals surface area contributed by atoms with Gasteiger partial charge in [-0.1, -0.05) is 47.5 Å². The van der Waals surface area contributed by atoms with Gasteiger partial charge in [-0.3, -0.25) is 0 Å². The van der Waals surface area contributed by atoms with Gasteiger partial charge in [0.15, 0.2) is 0 Å². The lowest BCUT2D eigenvalue weighted by Gasteiger charge is -2.00. The monoisotopic (exact) mass is 350 g/mol. The summed E-state index contributed by atoms with van der Waals surface area (Å²) < 4.78 is 17.0. The molecule has 2 aliphatic heterocycles. The first kappa shape index (κ1) is 15.4. The fourth-order valence-electron chi connectivity index (χ4n) is 2.79. The van der Waals surface area contributed by atoms with Gasteiger partial charge in [0, 0.05) is 10.0 Å². The first-order valence-electron chi connectivity index (χ1n) is 7.60. The predicted molar refractivity (Wildman–Crippen MR) is 89.0 cm³/mol. The molecule has 0 N–H and O–H groups in total. The van der Waals surface area contributed by atoms with Crippen molar-refractivity contribution in [2.24, 2.45) is 0 Å². The molecule has 0 amide bonds. The molecule has 2 aromatic carbocycles. The van der Waals surface area contributed by atoms with Crippen LogP contribution in [-0.4, -0.2) is 25.4 Å². The zero-order chi connectivity index (χ0) is 15.8. The molecule has 2 aliphatic rings. The lowest BCUT2D eigenvalue weighted by atomic mass is 10.1. The molecule has 120 valence electrons. The molecule has 3 nitrogen and oxygen atoms in total. The third-order valence-electron chi connectivity index (χ3n) is 4.08. The maximum Gasteiger partial charge on any atom is 0.112 e. The number of ether oxygens (including phenoxy) is 3. The maximum atomic E-state index is 5.99. The van der Waals surface area contributed by atoms with Crippen molar-refractivity contribution < 1.29 is 14.2 Å². The van der Waals surface area contributed by atoms with E-state index in [1.165, 1.54) is 0 Å². The van der Waals surface area contributed by atoms with Gasteiger partial charge in [-0.2, -0.15) is 0 Å². The molecule has 5 heteroatoms. The number of benzene rings is 2. The van der Waals surface area contributed by atoms with Gasteiger partial charge < -0.3 is 14.2 Å². The Morgan fingerprint density at radius 3 is 1.70 bits per heavy atom. The summed E-state index contributed by atoms with van der Waals surface area (Å²) in [5.41, 5.74) is 2.20. The highest BCUT2D eigenvalue weighted by molar-refractivity contribution is 6.30. The topological polar surface area (TPSA) is 34.3 Å². The van der Waals surface area contributed by atoms with Gasteiger partial charge in [0.2, 0.25) is 0 Å². The Bertz CT molecular complexity index is 647. The molecule has 0 spiro atoms. The summed E-state index contributed by atoms with van der Waals surface area (Å²) >= 11 is 12.0. The predicted octanol–water partition coefficient (Wildman–Crippen LogP) is 4.59. The average molecular weight is 351 g/mol. The highest BCUT2D eigenvalue weighted by atomic mass is 35.5. The summed E-state index contributed by atoms with van der Waals surface area (Å²) in [6.45, 7) is 1.14. The van der Waals surface area contributed by atoms with Crippen LogP contribution < -0.4 is 0 Å². The largest absolute Gasteiger partial charge is 0.376 e.